The lowest BCUT2D eigenvalue weighted by molar-refractivity contribution is -0.166. The lowest BCUT2D eigenvalue weighted by atomic mass is 9.54. The second-order valence-corrected chi connectivity index (χ2v) is 8.71. The van der Waals surface area contributed by atoms with Gasteiger partial charge in [-0.25, -0.2) is 0 Å². The Kier molecular flexibility index (Phi) is 3.76. The van der Waals surface area contributed by atoms with E-state index in [0.29, 0.717) is 5.41 Å². The number of hydrogen-bond donors (Lipinski definition) is 1. The summed E-state index contributed by atoms with van der Waals surface area (Å²) in [6.07, 6.45) is 8.82. The molecule has 1 saturated carbocycles. The fourth-order valence-corrected chi connectivity index (χ4v) is 5.98. The molecule has 0 bridgehead atoms. The van der Waals surface area contributed by atoms with Gasteiger partial charge in [0.05, 0.1) is 16.8 Å². The minimum Gasteiger partial charge on any atom is -0.381 e. The van der Waals surface area contributed by atoms with Crippen LogP contribution in [0.5, 0.6) is 0 Å². The summed E-state index contributed by atoms with van der Waals surface area (Å²) >= 11 is 1.79. The minimum absolute atomic E-state index is 0.634. The molecule has 3 aliphatic rings. The second-order valence-electron chi connectivity index (χ2n) is 7.76. The zero-order chi connectivity index (χ0) is 16.0. The summed E-state index contributed by atoms with van der Waals surface area (Å²) in [7, 11) is 0. The molecular weight excluding hydrogens is 318 g/mol. The first-order valence-electron chi connectivity index (χ1n) is 9.24. The number of aromatic amines is 1. The number of thiophene rings is 1. The first kappa shape index (κ1) is 15.1. The van der Waals surface area contributed by atoms with Crippen molar-refractivity contribution in [1.82, 2.24) is 15.1 Å². The third-order valence-electron chi connectivity index (χ3n) is 6.46. The van der Waals surface area contributed by atoms with Crippen LogP contribution in [0.15, 0.2) is 23.7 Å². The van der Waals surface area contributed by atoms with Crippen molar-refractivity contribution in [1.29, 1.82) is 0 Å². The van der Waals surface area contributed by atoms with Gasteiger partial charge in [-0.15, -0.1) is 11.3 Å². The molecule has 0 amide bonds. The van der Waals surface area contributed by atoms with E-state index in [4.69, 9.17) is 4.74 Å². The smallest absolute Gasteiger partial charge is 0.0794 e. The van der Waals surface area contributed by atoms with Crippen molar-refractivity contribution in [2.75, 3.05) is 19.8 Å². The van der Waals surface area contributed by atoms with Crippen LogP contribution in [0.3, 0.4) is 0 Å². The molecule has 2 aromatic heterocycles. The summed E-state index contributed by atoms with van der Waals surface area (Å²) in [6.45, 7) is 4.23. The number of hydrogen-bond acceptors (Lipinski definition) is 4. The summed E-state index contributed by atoms with van der Waals surface area (Å²) in [6, 6.07) is 5.06. The molecule has 128 valence electrons. The predicted molar refractivity (Wildman–Crippen MR) is 95.9 cm³/mol. The van der Waals surface area contributed by atoms with Crippen molar-refractivity contribution in [3.8, 4) is 10.6 Å². The molecule has 1 aliphatic carbocycles. The zero-order valence-corrected chi connectivity index (χ0v) is 14.9. The Bertz CT molecular complexity index is 685. The molecule has 3 fully saturated rings. The van der Waals surface area contributed by atoms with E-state index in [1.54, 1.807) is 11.3 Å². The van der Waals surface area contributed by atoms with Crippen molar-refractivity contribution >= 4 is 11.3 Å². The number of aromatic nitrogens is 2. The van der Waals surface area contributed by atoms with Crippen LogP contribution in [0, 0.1) is 11.3 Å². The Balaban J connectivity index is 1.36. The fraction of sp³-hybridized carbons (Fsp3) is 0.632. The van der Waals surface area contributed by atoms with E-state index in [0.717, 1.165) is 31.7 Å². The summed E-state index contributed by atoms with van der Waals surface area (Å²) in [5, 5.41) is 9.69. The number of nitrogens with one attached hydrogen (secondary N) is 1. The van der Waals surface area contributed by atoms with E-state index >= 15 is 0 Å². The van der Waals surface area contributed by atoms with Gasteiger partial charge < -0.3 is 4.74 Å². The molecule has 4 heterocycles. The highest BCUT2D eigenvalue weighted by molar-refractivity contribution is 7.13. The molecule has 5 rings (SSSR count). The van der Waals surface area contributed by atoms with Crippen LogP contribution in [-0.2, 0) is 11.3 Å². The van der Waals surface area contributed by atoms with Gasteiger partial charge in [-0.05, 0) is 48.5 Å². The van der Waals surface area contributed by atoms with Gasteiger partial charge in [-0.2, -0.15) is 5.10 Å². The lowest BCUT2D eigenvalue weighted by Gasteiger charge is -2.65. The van der Waals surface area contributed by atoms with Crippen molar-refractivity contribution in [3.05, 3.63) is 29.3 Å². The maximum absolute atomic E-state index is 5.62. The number of H-pyrrole nitrogens is 1. The van der Waals surface area contributed by atoms with Crippen molar-refractivity contribution in [3.63, 3.8) is 0 Å². The highest BCUT2D eigenvalue weighted by atomic mass is 32.1. The molecule has 5 heteroatoms. The predicted octanol–water partition coefficient (Wildman–Crippen LogP) is 3.92. The maximum atomic E-state index is 5.62. The summed E-state index contributed by atoms with van der Waals surface area (Å²) < 4.78 is 5.62. The number of likely N-dealkylation sites (tertiary alicyclic amines) is 1. The van der Waals surface area contributed by atoms with Crippen LogP contribution in [0.25, 0.3) is 10.6 Å². The first-order chi connectivity index (χ1) is 11.9. The molecule has 4 nitrogen and oxygen atoms in total. The molecule has 0 aromatic carbocycles. The zero-order valence-electron chi connectivity index (χ0n) is 14.0. The highest BCUT2D eigenvalue weighted by Gasteiger charge is 2.57. The number of rotatable bonds is 4. The Morgan fingerprint density at radius 1 is 1.33 bits per heavy atom. The van der Waals surface area contributed by atoms with E-state index in [1.807, 2.05) is 6.20 Å². The standard InChI is InChI=1S/C19H25N3OS/c1-3-16(24-10-1)17-15(11-20-21-17)12-22-13-19(6-2-7-19)18(22)14-4-8-23-9-5-14/h1,3,10-11,14,18H,2,4-9,12-13H2,(H,20,21). The highest BCUT2D eigenvalue weighted by Crippen LogP contribution is 2.57. The third kappa shape index (κ3) is 2.37. The molecule has 0 radical (unpaired) electrons. The number of ether oxygens (including phenoxy) is 1. The molecule has 1 unspecified atom stereocenters. The quantitative estimate of drug-likeness (QED) is 0.915. The molecule has 1 atom stereocenters. The van der Waals surface area contributed by atoms with E-state index in [9.17, 15) is 0 Å². The van der Waals surface area contributed by atoms with E-state index in [2.05, 4.69) is 32.6 Å². The van der Waals surface area contributed by atoms with Gasteiger partial charge in [0.1, 0.15) is 0 Å². The van der Waals surface area contributed by atoms with Gasteiger partial charge in [0, 0.05) is 37.9 Å². The Hall–Kier alpha value is -1.17. The SMILES string of the molecule is c1csc(-c2[nH]ncc2CN2CC3(CCC3)C2C2CCOCC2)c1. The lowest BCUT2D eigenvalue weighted by Crippen LogP contribution is -2.69. The second kappa shape index (κ2) is 5.97. The van der Waals surface area contributed by atoms with Crippen molar-refractivity contribution in [2.24, 2.45) is 11.3 Å². The molecule has 2 saturated heterocycles. The largest absolute Gasteiger partial charge is 0.381 e. The maximum Gasteiger partial charge on any atom is 0.0794 e. The van der Waals surface area contributed by atoms with Gasteiger partial charge in [0.2, 0.25) is 0 Å². The Morgan fingerprint density at radius 2 is 2.21 bits per heavy atom. The molecular formula is C19H25N3OS. The summed E-state index contributed by atoms with van der Waals surface area (Å²) in [5.74, 6) is 0.824. The third-order valence-corrected chi connectivity index (χ3v) is 7.35. The van der Waals surface area contributed by atoms with E-state index < -0.39 is 0 Å². The molecule has 2 aromatic rings. The topological polar surface area (TPSA) is 41.2 Å². The monoisotopic (exact) mass is 343 g/mol. The Morgan fingerprint density at radius 3 is 2.92 bits per heavy atom. The summed E-state index contributed by atoms with van der Waals surface area (Å²) in [5.41, 5.74) is 3.20. The van der Waals surface area contributed by atoms with Crippen molar-refractivity contribution in [2.45, 2.75) is 44.7 Å². The van der Waals surface area contributed by atoms with Crippen molar-refractivity contribution < 1.29 is 4.74 Å². The van der Waals surface area contributed by atoms with Crippen LogP contribution in [0.4, 0.5) is 0 Å². The molecule has 2 aliphatic heterocycles. The molecule has 1 spiro atoms. The van der Waals surface area contributed by atoms with Gasteiger partial charge in [0.15, 0.2) is 0 Å². The van der Waals surface area contributed by atoms with E-state index in [1.165, 1.54) is 54.8 Å². The van der Waals surface area contributed by atoms with Gasteiger partial charge >= 0.3 is 0 Å². The first-order valence-corrected chi connectivity index (χ1v) is 10.1. The normalized spacial score (nSPS) is 27.1. The number of nitrogens with zero attached hydrogens (tertiary/aromatic N) is 2. The Labute approximate surface area is 147 Å². The fourth-order valence-electron chi connectivity index (χ4n) is 5.22. The van der Waals surface area contributed by atoms with Gasteiger partial charge in [-0.1, -0.05) is 12.5 Å². The van der Waals surface area contributed by atoms with Crippen LogP contribution < -0.4 is 0 Å². The van der Waals surface area contributed by atoms with E-state index in [-0.39, 0.29) is 0 Å². The van der Waals surface area contributed by atoms with Gasteiger partial charge in [0.25, 0.3) is 0 Å². The summed E-state index contributed by atoms with van der Waals surface area (Å²) in [4.78, 5) is 4.03. The average Bonchev–Trinajstić information content (AvgIpc) is 3.21. The molecule has 24 heavy (non-hydrogen) atoms. The van der Waals surface area contributed by atoms with Crippen LogP contribution in [0.2, 0.25) is 0 Å². The van der Waals surface area contributed by atoms with Crippen LogP contribution in [0.1, 0.15) is 37.7 Å². The van der Waals surface area contributed by atoms with Crippen LogP contribution >= 0.6 is 11.3 Å². The minimum atomic E-state index is 0.634. The molecule has 1 N–H and O–H groups in total. The average molecular weight is 343 g/mol. The van der Waals surface area contributed by atoms with Gasteiger partial charge in [-0.3, -0.25) is 10.00 Å². The van der Waals surface area contributed by atoms with Crippen LogP contribution in [-0.4, -0.2) is 40.9 Å².